The molecule has 2 nitrogen and oxygen atoms in total. The maximum absolute atomic E-state index is 10.3. The summed E-state index contributed by atoms with van der Waals surface area (Å²) in [6.45, 7) is 8.44. The highest BCUT2D eigenvalue weighted by Gasteiger charge is 2.18. The fourth-order valence-corrected chi connectivity index (χ4v) is 2.14. The molecule has 0 spiro atoms. The van der Waals surface area contributed by atoms with Crippen molar-refractivity contribution in [3.8, 4) is 5.75 Å². The number of para-hydroxylation sites is 1. The summed E-state index contributed by atoms with van der Waals surface area (Å²) in [5, 5.41) is 10.3. The van der Waals surface area contributed by atoms with Crippen LogP contribution in [0.25, 0.3) is 6.08 Å². The molecule has 2 heteroatoms. The lowest BCUT2D eigenvalue weighted by atomic mass is 9.98. The Balaban J connectivity index is 0.000000561. The molecule has 0 amide bonds. The van der Waals surface area contributed by atoms with E-state index in [2.05, 4.69) is 0 Å². The van der Waals surface area contributed by atoms with Gasteiger partial charge in [0.25, 0.3) is 0 Å². The zero-order valence-corrected chi connectivity index (χ0v) is 13.9. The Morgan fingerprint density at radius 1 is 0.864 bits per heavy atom. The van der Waals surface area contributed by atoms with E-state index in [0.717, 1.165) is 22.4 Å². The Hall–Kier alpha value is -2.06. The monoisotopic (exact) mass is 298 g/mol. The lowest BCUT2D eigenvalue weighted by Crippen LogP contribution is -2.13. The van der Waals surface area contributed by atoms with E-state index in [9.17, 15) is 5.11 Å². The molecule has 1 unspecified atom stereocenters. The molecule has 1 aliphatic rings. The van der Waals surface area contributed by atoms with E-state index >= 15 is 0 Å². The maximum Gasteiger partial charge on any atom is 0.127 e. The van der Waals surface area contributed by atoms with Gasteiger partial charge >= 0.3 is 0 Å². The van der Waals surface area contributed by atoms with Crippen molar-refractivity contribution < 1.29 is 9.84 Å². The summed E-state index contributed by atoms with van der Waals surface area (Å²) in [7, 11) is 0. The molecule has 0 aromatic heterocycles. The van der Waals surface area contributed by atoms with Gasteiger partial charge in [-0.25, -0.2) is 0 Å². The van der Waals surface area contributed by atoms with Crippen molar-refractivity contribution in [2.24, 2.45) is 0 Å². The van der Waals surface area contributed by atoms with Gasteiger partial charge in [-0.05, 0) is 17.7 Å². The van der Waals surface area contributed by atoms with Crippen molar-refractivity contribution in [2.75, 3.05) is 6.61 Å². The third kappa shape index (κ3) is 4.47. The first-order valence-electron chi connectivity index (χ1n) is 8.00. The topological polar surface area (TPSA) is 29.5 Å². The highest BCUT2D eigenvalue weighted by molar-refractivity contribution is 5.63. The van der Waals surface area contributed by atoms with Crippen molar-refractivity contribution in [1.29, 1.82) is 0 Å². The van der Waals surface area contributed by atoms with Crippen molar-refractivity contribution in [3.05, 3.63) is 71.3 Å². The van der Waals surface area contributed by atoms with Crippen LogP contribution in [-0.2, 0) is 0 Å². The number of fused-ring (bicyclic) bond motifs is 1. The summed E-state index contributed by atoms with van der Waals surface area (Å²) in [4.78, 5) is 0. The van der Waals surface area contributed by atoms with Crippen LogP contribution in [0.5, 0.6) is 5.75 Å². The summed E-state index contributed by atoms with van der Waals surface area (Å²) in [5.41, 5.74) is 2.81. The largest absolute Gasteiger partial charge is 0.489 e. The van der Waals surface area contributed by atoms with Gasteiger partial charge in [0, 0.05) is 11.1 Å². The van der Waals surface area contributed by atoms with Gasteiger partial charge in [-0.3, -0.25) is 0 Å². The average molecular weight is 298 g/mol. The molecule has 0 radical (unpaired) electrons. The molecule has 1 heterocycles. The molecule has 2 aromatic carbocycles. The van der Waals surface area contributed by atoms with Crippen LogP contribution in [0.1, 0.15) is 44.9 Å². The van der Waals surface area contributed by atoms with Crippen LogP contribution >= 0.6 is 0 Å². The summed E-state index contributed by atoms with van der Waals surface area (Å²) < 4.78 is 5.65. The molecule has 1 aliphatic heterocycles. The maximum atomic E-state index is 10.3. The van der Waals surface area contributed by atoms with Crippen molar-refractivity contribution in [3.63, 3.8) is 0 Å². The van der Waals surface area contributed by atoms with Gasteiger partial charge in [0.1, 0.15) is 18.5 Å². The Kier molecular flexibility index (Phi) is 8.01. The van der Waals surface area contributed by atoms with Crippen molar-refractivity contribution >= 4 is 6.08 Å². The van der Waals surface area contributed by atoms with Gasteiger partial charge in [0.2, 0.25) is 0 Å². The van der Waals surface area contributed by atoms with E-state index in [4.69, 9.17) is 4.74 Å². The number of aliphatic hydroxyl groups is 1. The first kappa shape index (κ1) is 18.0. The minimum absolute atomic E-state index is 0.438. The first-order chi connectivity index (χ1) is 10.8. The quantitative estimate of drug-likeness (QED) is 0.820. The van der Waals surface area contributed by atoms with E-state index < -0.39 is 6.10 Å². The molecule has 118 valence electrons. The predicted molar refractivity (Wildman–Crippen MR) is 94.0 cm³/mol. The predicted octanol–water partition coefficient (Wildman–Crippen LogP) is 5.25. The van der Waals surface area contributed by atoms with Crippen molar-refractivity contribution in [2.45, 2.75) is 33.8 Å². The van der Waals surface area contributed by atoms with Crippen LogP contribution in [-0.4, -0.2) is 11.7 Å². The third-order valence-corrected chi connectivity index (χ3v) is 3.12. The van der Waals surface area contributed by atoms with E-state index in [1.807, 2.05) is 88.4 Å². The minimum Gasteiger partial charge on any atom is -0.489 e. The molecule has 0 saturated carbocycles. The van der Waals surface area contributed by atoms with Gasteiger partial charge in [-0.1, -0.05) is 76.2 Å². The standard InChI is InChI=1S/C16H14O2.2C2H6/c17-16(12-6-2-1-3-7-12)14-10-13-8-4-5-9-15(13)18-11-14;2*1-2/h1-10,16-17H,11H2;2*1-2H3. The van der Waals surface area contributed by atoms with Crippen LogP contribution in [0, 0.1) is 0 Å². The fourth-order valence-electron chi connectivity index (χ4n) is 2.14. The third-order valence-electron chi connectivity index (χ3n) is 3.12. The molecule has 22 heavy (non-hydrogen) atoms. The molecule has 0 bridgehead atoms. The van der Waals surface area contributed by atoms with Crippen molar-refractivity contribution in [1.82, 2.24) is 0 Å². The molecular weight excluding hydrogens is 272 g/mol. The highest BCUT2D eigenvalue weighted by Crippen LogP contribution is 2.31. The Morgan fingerprint density at radius 2 is 1.45 bits per heavy atom. The first-order valence-corrected chi connectivity index (χ1v) is 8.00. The van der Waals surface area contributed by atoms with Gasteiger partial charge in [-0.2, -0.15) is 0 Å². The number of aliphatic hydroxyl groups excluding tert-OH is 1. The van der Waals surface area contributed by atoms with Crippen LogP contribution in [0.4, 0.5) is 0 Å². The molecular formula is C20H26O2. The Morgan fingerprint density at radius 3 is 2.14 bits per heavy atom. The second-order valence-corrected chi connectivity index (χ2v) is 4.36. The Bertz CT molecular complexity index is 573. The second kappa shape index (κ2) is 9.80. The highest BCUT2D eigenvalue weighted by atomic mass is 16.5. The molecule has 3 rings (SSSR count). The summed E-state index contributed by atoms with van der Waals surface area (Å²) in [5.74, 6) is 0.876. The number of benzene rings is 2. The smallest absolute Gasteiger partial charge is 0.127 e. The van der Waals surface area contributed by atoms with Gasteiger partial charge in [0.15, 0.2) is 0 Å². The zero-order valence-electron chi connectivity index (χ0n) is 13.9. The summed E-state index contributed by atoms with van der Waals surface area (Å²) >= 11 is 0. The number of hydrogen-bond acceptors (Lipinski definition) is 2. The molecule has 0 fully saturated rings. The lowest BCUT2D eigenvalue weighted by Gasteiger charge is -2.21. The van der Waals surface area contributed by atoms with Crippen LogP contribution in [0.15, 0.2) is 60.2 Å². The lowest BCUT2D eigenvalue weighted by molar-refractivity contribution is 0.194. The van der Waals surface area contributed by atoms with E-state index in [-0.39, 0.29) is 0 Å². The molecule has 1 N–H and O–H groups in total. The number of rotatable bonds is 2. The average Bonchev–Trinajstić information content (AvgIpc) is 2.65. The second-order valence-electron chi connectivity index (χ2n) is 4.36. The van der Waals surface area contributed by atoms with E-state index in [1.54, 1.807) is 0 Å². The van der Waals surface area contributed by atoms with Gasteiger partial charge in [-0.15, -0.1) is 0 Å². The van der Waals surface area contributed by atoms with Crippen LogP contribution < -0.4 is 4.74 Å². The van der Waals surface area contributed by atoms with Crippen LogP contribution in [0.2, 0.25) is 0 Å². The summed E-state index contributed by atoms with van der Waals surface area (Å²) in [6, 6.07) is 17.5. The molecule has 2 aromatic rings. The normalized spacial score (nSPS) is 13.0. The number of ether oxygens (including phenoxy) is 1. The SMILES string of the molecule is CC.CC.OC(C1=Cc2ccccc2OC1)c1ccccc1. The summed E-state index contributed by atoms with van der Waals surface area (Å²) in [6.07, 6.45) is 1.41. The van der Waals surface area contributed by atoms with Gasteiger partial charge < -0.3 is 9.84 Å². The Labute approximate surface area is 134 Å². The zero-order chi connectivity index (χ0) is 16.4. The minimum atomic E-state index is -0.598. The van der Waals surface area contributed by atoms with Crippen LogP contribution in [0.3, 0.4) is 0 Å². The van der Waals surface area contributed by atoms with E-state index in [0.29, 0.717) is 6.61 Å². The molecule has 0 aliphatic carbocycles. The fraction of sp³-hybridized carbons (Fsp3) is 0.300. The van der Waals surface area contributed by atoms with E-state index in [1.165, 1.54) is 0 Å². The van der Waals surface area contributed by atoms with Gasteiger partial charge in [0.05, 0.1) is 0 Å². The number of hydrogen-bond donors (Lipinski definition) is 1. The molecule has 1 atom stereocenters. The molecule has 0 saturated heterocycles.